The molecule has 0 aliphatic heterocycles. The Hall–Kier alpha value is -0.640. The smallest absolute Gasteiger partial charge is 0.0175 e. The summed E-state index contributed by atoms with van der Waals surface area (Å²) in [5.41, 5.74) is 1.39. The molecule has 108 valence electrons. The molecule has 0 saturated heterocycles. The van der Waals surface area contributed by atoms with E-state index in [9.17, 15) is 0 Å². The number of hydrogen-bond acceptors (Lipinski definition) is 2. The summed E-state index contributed by atoms with van der Waals surface area (Å²) in [6, 6.07) is 13.7. The first-order valence-corrected chi connectivity index (χ1v) is 8.87. The minimum atomic E-state index is 0.518. The first-order chi connectivity index (χ1) is 9.71. The summed E-state index contributed by atoms with van der Waals surface area (Å²) in [6.45, 7) is 5.42. The number of thiophene rings is 1. The van der Waals surface area contributed by atoms with Crippen LogP contribution in [0.25, 0.3) is 0 Å². The van der Waals surface area contributed by atoms with Crippen LogP contribution in [-0.4, -0.2) is 12.6 Å². The lowest BCUT2D eigenvalue weighted by molar-refractivity contribution is 0.524. The Morgan fingerprint density at radius 1 is 1.00 bits per heavy atom. The first-order valence-electron chi connectivity index (χ1n) is 7.26. The fourth-order valence-electron chi connectivity index (χ4n) is 2.38. The van der Waals surface area contributed by atoms with E-state index in [-0.39, 0.29) is 0 Å². The molecule has 0 aliphatic rings. The molecular weight excluding hydrogens is 330 g/mol. The van der Waals surface area contributed by atoms with E-state index in [0.717, 1.165) is 30.3 Å². The van der Waals surface area contributed by atoms with Gasteiger partial charge in [-0.25, -0.2) is 0 Å². The van der Waals surface area contributed by atoms with Crippen molar-refractivity contribution < 1.29 is 0 Å². The Labute approximate surface area is 134 Å². The van der Waals surface area contributed by atoms with Gasteiger partial charge >= 0.3 is 0 Å². The SMILES string of the molecule is CCNC(Cc1ccc(Br)cc1)Cc1ccc(CC)s1. The average molecular weight is 352 g/mol. The zero-order valence-corrected chi connectivity index (χ0v) is 14.6. The largest absolute Gasteiger partial charge is 0.314 e. The minimum absolute atomic E-state index is 0.518. The van der Waals surface area contributed by atoms with Crippen LogP contribution in [0.3, 0.4) is 0 Å². The lowest BCUT2D eigenvalue weighted by atomic mass is 10.0. The molecule has 1 aromatic carbocycles. The van der Waals surface area contributed by atoms with Crippen molar-refractivity contribution in [2.45, 2.75) is 39.2 Å². The Bertz CT molecular complexity index is 518. The van der Waals surface area contributed by atoms with Gasteiger partial charge in [-0.3, -0.25) is 0 Å². The summed E-state index contributed by atoms with van der Waals surface area (Å²) in [6.07, 6.45) is 3.35. The molecule has 2 aromatic rings. The molecule has 0 saturated carbocycles. The monoisotopic (exact) mass is 351 g/mol. The van der Waals surface area contributed by atoms with E-state index in [1.54, 1.807) is 0 Å². The zero-order valence-electron chi connectivity index (χ0n) is 12.2. The third-order valence-corrected chi connectivity index (χ3v) is 5.18. The van der Waals surface area contributed by atoms with Gasteiger partial charge in [0, 0.05) is 20.3 Å². The van der Waals surface area contributed by atoms with Gasteiger partial charge in [0.05, 0.1) is 0 Å². The molecule has 0 radical (unpaired) electrons. The van der Waals surface area contributed by atoms with Gasteiger partial charge in [-0.2, -0.15) is 0 Å². The van der Waals surface area contributed by atoms with Crippen molar-refractivity contribution in [2.75, 3.05) is 6.54 Å². The van der Waals surface area contributed by atoms with Crippen molar-refractivity contribution in [1.82, 2.24) is 5.32 Å². The predicted molar refractivity (Wildman–Crippen MR) is 92.7 cm³/mol. The van der Waals surface area contributed by atoms with Crippen molar-refractivity contribution >= 4 is 27.3 Å². The summed E-state index contributed by atoms with van der Waals surface area (Å²) >= 11 is 5.45. The maximum atomic E-state index is 3.62. The van der Waals surface area contributed by atoms with E-state index < -0.39 is 0 Å². The van der Waals surface area contributed by atoms with Crippen LogP contribution in [0.15, 0.2) is 40.9 Å². The van der Waals surface area contributed by atoms with Crippen LogP contribution < -0.4 is 5.32 Å². The summed E-state index contributed by atoms with van der Waals surface area (Å²) < 4.78 is 1.15. The zero-order chi connectivity index (χ0) is 14.4. The molecule has 20 heavy (non-hydrogen) atoms. The van der Waals surface area contributed by atoms with Crippen LogP contribution in [0.4, 0.5) is 0 Å². The predicted octanol–water partition coefficient (Wildman–Crippen LogP) is 4.84. The Morgan fingerprint density at radius 3 is 2.30 bits per heavy atom. The summed E-state index contributed by atoms with van der Waals surface area (Å²) in [4.78, 5) is 2.98. The van der Waals surface area contributed by atoms with Crippen molar-refractivity contribution in [3.8, 4) is 0 Å². The van der Waals surface area contributed by atoms with E-state index in [4.69, 9.17) is 0 Å². The number of likely N-dealkylation sites (N-methyl/N-ethyl adjacent to an activating group) is 1. The van der Waals surface area contributed by atoms with Crippen LogP contribution in [0.2, 0.25) is 0 Å². The first kappa shape index (κ1) is 15.7. The molecule has 2 rings (SSSR count). The molecule has 1 heterocycles. The molecular formula is C17H22BrNS. The van der Waals surface area contributed by atoms with Gasteiger partial charge in [0.1, 0.15) is 0 Å². The number of hydrogen-bond donors (Lipinski definition) is 1. The molecule has 1 aromatic heterocycles. The third-order valence-electron chi connectivity index (χ3n) is 3.40. The van der Waals surface area contributed by atoms with Gasteiger partial charge in [0.2, 0.25) is 0 Å². The van der Waals surface area contributed by atoms with E-state index in [2.05, 4.69) is 71.5 Å². The van der Waals surface area contributed by atoms with Gasteiger partial charge in [-0.05, 0) is 55.6 Å². The third kappa shape index (κ3) is 4.72. The van der Waals surface area contributed by atoms with Crippen molar-refractivity contribution in [1.29, 1.82) is 0 Å². The average Bonchev–Trinajstić information content (AvgIpc) is 2.89. The molecule has 0 fully saturated rings. The van der Waals surface area contributed by atoms with Crippen LogP contribution in [0.1, 0.15) is 29.2 Å². The van der Waals surface area contributed by atoms with Crippen LogP contribution >= 0.6 is 27.3 Å². The van der Waals surface area contributed by atoms with Crippen LogP contribution in [-0.2, 0) is 19.3 Å². The molecule has 1 N–H and O–H groups in total. The fourth-order valence-corrected chi connectivity index (χ4v) is 3.68. The molecule has 1 unspecified atom stereocenters. The maximum Gasteiger partial charge on any atom is 0.0175 e. The van der Waals surface area contributed by atoms with E-state index >= 15 is 0 Å². The lowest BCUT2D eigenvalue weighted by Gasteiger charge is -2.17. The Balaban J connectivity index is 2.00. The minimum Gasteiger partial charge on any atom is -0.314 e. The highest BCUT2D eigenvalue weighted by molar-refractivity contribution is 9.10. The second-order valence-electron chi connectivity index (χ2n) is 5.01. The van der Waals surface area contributed by atoms with E-state index in [0.29, 0.717) is 6.04 Å². The molecule has 1 nitrogen and oxygen atoms in total. The second-order valence-corrected chi connectivity index (χ2v) is 7.18. The molecule has 0 aliphatic carbocycles. The number of nitrogens with one attached hydrogen (secondary N) is 1. The Kier molecular flexibility index (Phi) is 6.27. The summed E-state index contributed by atoms with van der Waals surface area (Å²) in [5.74, 6) is 0. The molecule has 3 heteroatoms. The second kappa shape index (κ2) is 7.96. The van der Waals surface area contributed by atoms with E-state index in [1.807, 2.05) is 11.3 Å². The van der Waals surface area contributed by atoms with Gasteiger partial charge in [0.15, 0.2) is 0 Å². The van der Waals surface area contributed by atoms with Gasteiger partial charge < -0.3 is 5.32 Å². The van der Waals surface area contributed by atoms with E-state index in [1.165, 1.54) is 15.3 Å². The fraction of sp³-hybridized carbons (Fsp3) is 0.412. The number of aryl methyl sites for hydroxylation is 1. The van der Waals surface area contributed by atoms with Gasteiger partial charge in [-0.1, -0.05) is 41.9 Å². The highest BCUT2D eigenvalue weighted by atomic mass is 79.9. The number of benzene rings is 1. The van der Waals surface area contributed by atoms with Crippen molar-refractivity contribution in [2.24, 2.45) is 0 Å². The van der Waals surface area contributed by atoms with Crippen molar-refractivity contribution in [3.05, 3.63) is 56.2 Å². The molecule has 0 bridgehead atoms. The maximum absolute atomic E-state index is 3.62. The van der Waals surface area contributed by atoms with Crippen LogP contribution in [0.5, 0.6) is 0 Å². The number of halogens is 1. The van der Waals surface area contributed by atoms with Crippen molar-refractivity contribution in [3.63, 3.8) is 0 Å². The molecule has 0 amide bonds. The Morgan fingerprint density at radius 2 is 1.70 bits per heavy atom. The normalized spacial score (nSPS) is 12.6. The topological polar surface area (TPSA) is 12.0 Å². The van der Waals surface area contributed by atoms with Gasteiger partial charge in [0.25, 0.3) is 0 Å². The summed E-state index contributed by atoms with van der Waals surface area (Å²) in [5, 5.41) is 3.62. The molecule has 1 atom stereocenters. The standard InChI is InChI=1S/C17H22BrNS/c1-3-16-9-10-17(20-16)12-15(19-4-2)11-13-5-7-14(18)8-6-13/h5-10,15,19H,3-4,11-12H2,1-2H3. The highest BCUT2D eigenvalue weighted by Gasteiger charge is 2.11. The van der Waals surface area contributed by atoms with Gasteiger partial charge in [-0.15, -0.1) is 11.3 Å². The molecule has 0 spiro atoms. The summed E-state index contributed by atoms with van der Waals surface area (Å²) in [7, 11) is 0. The van der Waals surface area contributed by atoms with Crippen LogP contribution in [0, 0.1) is 0 Å². The lowest BCUT2D eigenvalue weighted by Crippen LogP contribution is -2.32. The number of rotatable bonds is 7. The highest BCUT2D eigenvalue weighted by Crippen LogP contribution is 2.20. The quantitative estimate of drug-likeness (QED) is 0.752.